The van der Waals surface area contributed by atoms with Crippen molar-refractivity contribution in [3.8, 4) is 11.1 Å². The summed E-state index contributed by atoms with van der Waals surface area (Å²) in [6.07, 6.45) is 1.39. The Labute approximate surface area is 177 Å². The molecular formula is C22H20N2O5S. The number of nitrogens with zero attached hydrogens (tertiary/aromatic N) is 1. The van der Waals surface area contributed by atoms with Crippen LogP contribution in [0.15, 0.2) is 54.0 Å². The Kier molecular flexibility index (Phi) is 6.92. The summed E-state index contributed by atoms with van der Waals surface area (Å²) in [6, 6.07) is 12.6. The zero-order valence-corrected chi connectivity index (χ0v) is 17.3. The molecule has 8 heteroatoms. The second-order valence-electron chi connectivity index (χ2n) is 6.25. The van der Waals surface area contributed by atoms with E-state index in [0.29, 0.717) is 10.6 Å². The first-order chi connectivity index (χ1) is 14.5. The predicted octanol–water partition coefficient (Wildman–Crippen LogP) is 4.09. The number of hydrogen-bond acceptors (Lipinski definition) is 7. The number of hydrogen-bond donors (Lipinski definition) is 1. The second-order valence-corrected chi connectivity index (χ2v) is 7.13. The molecular weight excluding hydrogens is 404 g/mol. The smallest absolute Gasteiger partial charge is 0.341 e. The summed E-state index contributed by atoms with van der Waals surface area (Å²) < 4.78 is 10.2. The second kappa shape index (κ2) is 9.80. The summed E-state index contributed by atoms with van der Waals surface area (Å²) >= 11 is 1.20. The van der Waals surface area contributed by atoms with Crippen molar-refractivity contribution in [3.63, 3.8) is 0 Å². The largest absolute Gasteiger partial charge is 0.462 e. The van der Waals surface area contributed by atoms with Crippen LogP contribution in [0.1, 0.15) is 33.3 Å². The Morgan fingerprint density at radius 1 is 1.03 bits per heavy atom. The lowest BCUT2D eigenvalue weighted by atomic mass is 10.0. The van der Waals surface area contributed by atoms with Gasteiger partial charge in [-0.15, -0.1) is 11.3 Å². The molecule has 1 amide bonds. The fraction of sp³-hybridized carbons (Fsp3) is 0.182. The molecule has 7 nitrogen and oxygen atoms in total. The van der Waals surface area contributed by atoms with Gasteiger partial charge in [0.05, 0.1) is 12.2 Å². The average molecular weight is 424 g/mol. The molecule has 0 bridgehead atoms. The van der Waals surface area contributed by atoms with Crippen LogP contribution in [0.4, 0.5) is 5.00 Å². The van der Waals surface area contributed by atoms with Gasteiger partial charge in [0, 0.05) is 22.8 Å². The SMILES string of the molecule is CCOC(=O)c1c(-c2ccccc2)csc1NC(=O)COC(=O)c1ccc(C)nc1. The zero-order chi connectivity index (χ0) is 21.5. The summed E-state index contributed by atoms with van der Waals surface area (Å²) in [7, 11) is 0. The van der Waals surface area contributed by atoms with Gasteiger partial charge < -0.3 is 14.8 Å². The van der Waals surface area contributed by atoms with Crippen LogP contribution < -0.4 is 5.32 Å². The molecule has 2 aromatic heterocycles. The molecule has 1 aromatic carbocycles. The van der Waals surface area contributed by atoms with E-state index in [1.807, 2.05) is 30.3 Å². The minimum Gasteiger partial charge on any atom is -0.462 e. The number of pyridine rings is 1. The van der Waals surface area contributed by atoms with E-state index in [9.17, 15) is 14.4 Å². The molecule has 154 valence electrons. The molecule has 0 atom stereocenters. The van der Waals surface area contributed by atoms with E-state index < -0.39 is 24.5 Å². The number of thiophene rings is 1. The standard InChI is InChI=1S/C22H20N2O5S/c1-3-28-22(27)19-17(15-7-5-4-6-8-15)13-30-20(19)24-18(25)12-29-21(26)16-10-9-14(2)23-11-16/h4-11,13H,3,12H2,1-2H3,(H,24,25). The summed E-state index contributed by atoms with van der Waals surface area (Å²) in [5, 5.41) is 4.76. The Hall–Kier alpha value is -3.52. The van der Waals surface area contributed by atoms with Crippen molar-refractivity contribution in [2.75, 3.05) is 18.5 Å². The first kappa shape index (κ1) is 21.2. The van der Waals surface area contributed by atoms with E-state index in [4.69, 9.17) is 9.47 Å². The van der Waals surface area contributed by atoms with Crippen LogP contribution in [0, 0.1) is 6.92 Å². The van der Waals surface area contributed by atoms with Crippen molar-refractivity contribution < 1.29 is 23.9 Å². The maximum absolute atomic E-state index is 12.5. The number of esters is 2. The lowest BCUT2D eigenvalue weighted by Crippen LogP contribution is -2.21. The van der Waals surface area contributed by atoms with Crippen molar-refractivity contribution in [1.82, 2.24) is 4.98 Å². The number of nitrogens with one attached hydrogen (secondary N) is 1. The van der Waals surface area contributed by atoms with Crippen molar-refractivity contribution >= 4 is 34.2 Å². The van der Waals surface area contributed by atoms with Gasteiger partial charge in [-0.2, -0.15) is 0 Å². The number of benzene rings is 1. The lowest BCUT2D eigenvalue weighted by Gasteiger charge is -2.09. The highest BCUT2D eigenvalue weighted by atomic mass is 32.1. The van der Waals surface area contributed by atoms with Crippen LogP contribution in [0.2, 0.25) is 0 Å². The molecule has 0 unspecified atom stereocenters. The van der Waals surface area contributed by atoms with Crippen LogP contribution in [-0.2, 0) is 14.3 Å². The van der Waals surface area contributed by atoms with Gasteiger partial charge in [-0.3, -0.25) is 9.78 Å². The normalized spacial score (nSPS) is 10.3. The molecule has 0 saturated carbocycles. The summed E-state index contributed by atoms with van der Waals surface area (Å²) in [5.74, 6) is -1.74. The Balaban J connectivity index is 1.73. The van der Waals surface area contributed by atoms with Crippen LogP contribution >= 0.6 is 11.3 Å². The first-order valence-electron chi connectivity index (χ1n) is 9.23. The van der Waals surface area contributed by atoms with Gasteiger partial charge in [0.25, 0.3) is 5.91 Å². The number of carbonyl (C=O) groups excluding carboxylic acids is 3. The number of amides is 1. The van der Waals surface area contributed by atoms with Crippen molar-refractivity contribution in [1.29, 1.82) is 0 Å². The molecule has 30 heavy (non-hydrogen) atoms. The summed E-state index contributed by atoms with van der Waals surface area (Å²) in [6.45, 7) is 3.23. The third-order valence-electron chi connectivity index (χ3n) is 4.09. The molecule has 1 N–H and O–H groups in total. The number of ether oxygens (including phenoxy) is 2. The Morgan fingerprint density at radius 2 is 1.80 bits per heavy atom. The highest BCUT2D eigenvalue weighted by Crippen LogP contribution is 2.36. The Bertz CT molecular complexity index is 1050. The van der Waals surface area contributed by atoms with Crippen LogP contribution in [0.25, 0.3) is 11.1 Å². The zero-order valence-electron chi connectivity index (χ0n) is 16.5. The fourth-order valence-corrected chi connectivity index (χ4v) is 3.63. The van der Waals surface area contributed by atoms with Gasteiger partial charge >= 0.3 is 11.9 Å². The molecule has 3 rings (SSSR count). The number of aryl methyl sites for hydroxylation is 1. The first-order valence-corrected chi connectivity index (χ1v) is 10.1. The van der Waals surface area contributed by atoms with E-state index in [-0.39, 0.29) is 17.7 Å². The van der Waals surface area contributed by atoms with Crippen LogP contribution in [0.3, 0.4) is 0 Å². The van der Waals surface area contributed by atoms with E-state index >= 15 is 0 Å². The average Bonchev–Trinajstić information content (AvgIpc) is 3.17. The van der Waals surface area contributed by atoms with Gasteiger partial charge in [-0.05, 0) is 31.5 Å². The Morgan fingerprint density at radius 3 is 2.47 bits per heavy atom. The summed E-state index contributed by atoms with van der Waals surface area (Å²) in [5.41, 5.74) is 2.79. The van der Waals surface area contributed by atoms with Gasteiger partial charge in [0.2, 0.25) is 0 Å². The molecule has 0 fully saturated rings. The molecule has 0 aliphatic rings. The molecule has 0 aliphatic heterocycles. The maximum atomic E-state index is 12.5. The highest BCUT2D eigenvalue weighted by molar-refractivity contribution is 7.15. The van der Waals surface area contributed by atoms with Crippen molar-refractivity contribution in [2.45, 2.75) is 13.8 Å². The maximum Gasteiger partial charge on any atom is 0.341 e. The fourth-order valence-electron chi connectivity index (χ4n) is 2.65. The summed E-state index contributed by atoms with van der Waals surface area (Å²) in [4.78, 5) is 40.9. The van der Waals surface area contributed by atoms with Crippen molar-refractivity contribution in [3.05, 3.63) is 70.9 Å². The predicted molar refractivity (Wildman–Crippen MR) is 114 cm³/mol. The van der Waals surface area contributed by atoms with Crippen molar-refractivity contribution in [2.24, 2.45) is 0 Å². The minimum absolute atomic E-state index is 0.207. The molecule has 0 aliphatic carbocycles. The van der Waals surface area contributed by atoms with Gasteiger partial charge in [-0.1, -0.05) is 30.3 Å². The molecule has 3 aromatic rings. The lowest BCUT2D eigenvalue weighted by molar-refractivity contribution is -0.119. The number of rotatable bonds is 7. The number of anilines is 1. The van der Waals surface area contributed by atoms with Gasteiger partial charge in [0.1, 0.15) is 10.6 Å². The molecule has 2 heterocycles. The molecule has 0 saturated heterocycles. The topological polar surface area (TPSA) is 94.6 Å². The molecule has 0 radical (unpaired) electrons. The molecule has 0 spiro atoms. The third kappa shape index (κ3) is 5.09. The minimum atomic E-state index is -0.653. The van der Waals surface area contributed by atoms with E-state index in [1.165, 1.54) is 17.5 Å². The highest BCUT2D eigenvalue weighted by Gasteiger charge is 2.23. The van der Waals surface area contributed by atoms with Crippen LogP contribution in [0.5, 0.6) is 0 Å². The monoisotopic (exact) mass is 424 g/mol. The van der Waals surface area contributed by atoms with Gasteiger partial charge in [-0.25, -0.2) is 9.59 Å². The quantitative estimate of drug-likeness (QED) is 0.574. The third-order valence-corrected chi connectivity index (χ3v) is 4.99. The number of aromatic nitrogens is 1. The van der Waals surface area contributed by atoms with Crippen LogP contribution in [-0.4, -0.2) is 36.0 Å². The van der Waals surface area contributed by atoms with E-state index in [1.54, 1.807) is 31.4 Å². The van der Waals surface area contributed by atoms with E-state index in [2.05, 4.69) is 10.3 Å². The van der Waals surface area contributed by atoms with Gasteiger partial charge in [0.15, 0.2) is 6.61 Å². The van der Waals surface area contributed by atoms with E-state index in [0.717, 1.165) is 11.3 Å². The number of carbonyl (C=O) groups is 3.